The fourth-order valence-electron chi connectivity index (χ4n) is 3.85. The number of nitrogens with zero attached hydrogens (tertiary/aromatic N) is 3. The number of aliphatic hydroxyl groups excluding tert-OH is 5. The largest absolute Gasteiger partial charge is 0.462 e. The van der Waals surface area contributed by atoms with E-state index in [4.69, 9.17) is 9.47 Å². The Morgan fingerprint density at radius 1 is 1.09 bits per heavy atom. The van der Waals surface area contributed by atoms with Gasteiger partial charge in [-0.15, -0.1) is 0 Å². The second-order valence-corrected chi connectivity index (χ2v) is 8.11. The monoisotopic (exact) mass is 473 g/mol. The zero-order chi connectivity index (χ0) is 24.6. The van der Waals surface area contributed by atoms with Gasteiger partial charge < -0.3 is 35.0 Å². The summed E-state index contributed by atoms with van der Waals surface area (Å²) in [5.74, 6) is 0.130. The van der Waals surface area contributed by atoms with E-state index < -0.39 is 43.4 Å². The van der Waals surface area contributed by atoms with Crippen LogP contribution in [0.2, 0.25) is 0 Å². The molecule has 0 saturated carbocycles. The number of allylic oxidation sites excluding steroid dienone is 1. The standard InChI is InChI=1S/C23H27N3O8/c1-12-18(22(32)26(25(12)2)13-6-4-3-5-7-13)24-15-10-14(8-9-16(15)28)33-23-21(31)20(30)19(29)17(11-27)34-23/h3-10,16-17,19-21,23,27-31H,11H2,1-2H3/t16?,17-,19-,20+,21-,23-/m1/s1. The van der Waals surface area contributed by atoms with Crippen molar-refractivity contribution in [2.45, 2.75) is 43.7 Å². The first-order valence-corrected chi connectivity index (χ1v) is 10.7. The molecule has 0 amide bonds. The van der Waals surface area contributed by atoms with Crippen molar-refractivity contribution < 1.29 is 35.0 Å². The highest BCUT2D eigenvalue weighted by atomic mass is 16.7. The molecule has 1 fully saturated rings. The van der Waals surface area contributed by atoms with Crippen molar-refractivity contribution in [1.29, 1.82) is 0 Å². The quantitative estimate of drug-likeness (QED) is 0.377. The third-order valence-electron chi connectivity index (χ3n) is 5.90. The number of rotatable bonds is 5. The van der Waals surface area contributed by atoms with Gasteiger partial charge in [0.05, 0.1) is 23.7 Å². The molecule has 2 heterocycles. The Labute approximate surface area is 194 Å². The number of ether oxygens (including phenoxy) is 2. The number of aromatic nitrogens is 2. The van der Waals surface area contributed by atoms with Gasteiger partial charge in [0.1, 0.15) is 36.3 Å². The summed E-state index contributed by atoms with van der Waals surface area (Å²) in [6, 6.07) is 9.07. The molecular weight excluding hydrogens is 446 g/mol. The van der Waals surface area contributed by atoms with Gasteiger partial charge in [-0.25, -0.2) is 9.67 Å². The smallest absolute Gasteiger partial charge is 0.297 e. The number of aliphatic hydroxyl groups is 5. The van der Waals surface area contributed by atoms with Crippen molar-refractivity contribution in [2.75, 3.05) is 6.61 Å². The minimum absolute atomic E-state index is 0.119. The Kier molecular flexibility index (Phi) is 6.84. The van der Waals surface area contributed by atoms with E-state index in [9.17, 15) is 30.3 Å². The van der Waals surface area contributed by atoms with Crippen LogP contribution in [0.15, 0.2) is 64.1 Å². The van der Waals surface area contributed by atoms with Crippen LogP contribution in [0, 0.1) is 6.92 Å². The maximum Gasteiger partial charge on any atom is 0.297 e. The van der Waals surface area contributed by atoms with Crippen LogP contribution >= 0.6 is 0 Å². The van der Waals surface area contributed by atoms with Gasteiger partial charge in [-0.2, -0.15) is 0 Å². The van der Waals surface area contributed by atoms with Crippen LogP contribution < -0.4 is 5.56 Å². The summed E-state index contributed by atoms with van der Waals surface area (Å²) in [6.45, 7) is 1.15. The minimum atomic E-state index is -1.59. The molecule has 4 rings (SSSR count). The lowest BCUT2D eigenvalue weighted by Crippen LogP contribution is -2.59. The topological polar surface area (TPSA) is 159 Å². The summed E-state index contributed by atoms with van der Waals surface area (Å²) in [7, 11) is 1.73. The molecule has 1 aliphatic heterocycles. The van der Waals surface area contributed by atoms with Crippen molar-refractivity contribution >= 4 is 11.4 Å². The predicted octanol–water partition coefficient (Wildman–Crippen LogP) is -0.812. The molecule has 1 saturated heterocycles. The molecular formula is C23H27N3O8. The molecule has 11 nitrogen and oxygen atoms in total. The van der Waals surface area contributed by atoms with Crippen molar-refractivity contribution in [3.05, 3.63) is 70.4 Å². The average molecular weight is 473 g/mol. The third kappa shape index (κ3) is 4.37. The van der Waals surface area contributed by atoms with E-state index in [1.807, 2.05) is 18.2 Å². The van der Waals surface area contributed by atoms with Gasteiger partial charge in [-0.1, -0.05) is 18.2 Å². The second kappa shape index (κ2) is 9.66. The van der Waals surface area contributed by atoms with E-state index in [-0.39, 0.29) is 22.7 Å². The molecule has 182 valence electrons. The second-order valence-electron chi connectivity index (χ2n) is 8.11. The van der Waals surface area contributed by atoms with Crippen LogP contribution in [0.3, 0.4) is 0 Å². The van der Waals surface area contributed by atoms with Crippen molar-refractivity contribution in [2.24, 2.45) is 12.0 Å². The summed E-state index contributed by atoms with van der Waals surface area (Å²) < 4.78 is 14.1. The highest BCUT2D eigenvalue weighted by Crippen LogP contribution is 2.26. The molecule has 11 heteroatoms. The van der Waals surface area contributed by atoms with Gasteiger partial charge in [-0.3, -0.25) is 9.48 Å². The van der Waals surface area contributed by atoms with Crippen LogP contribution in [0.25, 0.3) is 5.69 Å². The van der Waals surface area contributed by atoms with Crippen LogP contribution in [-0.4, -0.2) is 84.0 Å². The van der Waals surface area contributed by atoms with Crippen LogP contribution in [0.1, 0.15) is 5.69 Å². The number of hydrogen-bond donors (Lipinski definition) is 5. The average Bonchev–Trinajstić information content (AvgIpc) is 3.05. The van der Waals surface area contributed by atoms with Crippen molar-refractivity contribution in [3.8, 4) is 5.69 Å². The SMILES string of the molecule is Cc1c(N=C2C=C(O[C@@H]3O[C@H](CO)[C@@H](O)[C@H](O)[C@H]3O)C=CC2O)c(=O)n(-c2ccccc2)n1C. The minimum Gasteiger partial charge on any atom is -0.462 e. The molecule has 1 aromatic heterocycles. The predicted molar refractivity (Wildman–Crippen MR) is 121 cm³/mol. The fourth-order valence-corrected chi connectivity index (χ4v) is 3.85. The van der Waals surface area contributed by atoms with E-state index in [2.05, 4.69) is 4.99 Å². The molecule has 1 aromatic carbocycles. The van der Waals surface area contributed by atoms with Crippen molar-refractivity contribution in [1.82, 2.24) is 9.36 Å². The van der Waals surface area contributed by atoms with E-state index in [0.29, 0.717) is 11.4 Å². The molecule has 1 aliphatic carbocycles. The molecule has 0 spiro atoms. The lowest BCUT2D eigenvalue weighted by molar-refractivity contribution is -0.290. The number of benzene rings is 1. The summed E-state index contributed by atoms with van der Waals surface area (Å²) >= 11 is 0. The van der Waals surface area contributed by atoms with Crippen LogP contribution in [-0.2, 0) is 16.5 Å². The van der Waals surface area contributed by atoms with Gasteiger partial charge in [0.25, 0.3) is 5.56 Å². The lowest BCUT2D eigenvalue weighted by atomic mass is 9.99. The molecule has 34 heavy (non-hydrogen) atoms. The summed E-state index contributed by atoms with van der Waals surface area (Å²) in [5, 5.41) is 49.8. The summed E-state index contributed by atoms with van der Waals surface area (Å²) in [5.41, 5.74) is 1.13. The van der Waals surface area contributed by atoms with Crippen molar-refractivity contribution in [3.63, 3.8) is 0 Å². The Hall–Kier alpha value is -3.06. The van der Waals surface area contributed by atoms with E-state index in [1.54, 1.807) is 30.8 Å². The van der Waals surface area contributed by atoms with E-state index in [0.717, 1.165) is 0 Å². The summed E-state index contributed by atoms with van der Waals surface area (Å²) in [6.07, 6.45) is -4.15. The molecule has 2 aromatic rings. The normalized spacial score (nSPS) is 30.4. The fraction of sp³-hybridized carbons (Fsp3) is 0.391. The van der Waals surface area contributed by atoms with Gasteiger partial charge in [0, 0.05) is 13.1 Å². The highest BCUT2D eigenvalue weighted by molar-refractivity contribution is 6.03. The molecule has 0 radical (unpaired) electrons. The van der Waals surface area contributed by atoms with Crippen LogP contribution in [0.4, 0.5) is 5.69 Å². The maximum absolute atomic E-state index is 13.1. The van der Waals surface area contributed by atoms with Crippen LogP contribution in [0.5, 0.6) is 0 Å². The van der Waals surface area contributed by atoms with Gasteiger partial charge >= 0.3 is 0 Å². The number of hydrogen-bond acceptors (Lipinski definition) is 9. The molecule has 5 N–H and O–H groups in total. The maximum atomic E-state index is 13.1. The Morgan fingerprint density at radius 2 is 1.79 bits per heavy atom. The van der Waals surface area contributed by atoms with E-state index in [1.165, 1.54) is 22.9 Å². The molecule has 6 atom stereocenters. The first-order chi connectivity index (χ1) is 16.2. The first kappa shape index (κ1) is 24.1. The number of aliphatic imine (C=N–C) groups is 1. The molecule has 2 aliphatic rings. The summed E-state index contributed by atoms with van der Waals surface area (Å²) in [4.78, 5) is 17.5. The lowest BCUT2D eigenvalue weighted by Gasteiger charge is -2.39. The first-order valence-electron chi connectivity index (χ1n) is 10.7. The van der Waals surface area contributed by atoms with E-state index >= 15 is 0 Å². The molecule has 0 bridgehead atoms. The zero-order valence-electron chi connectivity index (χ0n) is 18.6. The van der Waals surface area contributed by atoms with Gasteiger partial charge in [0.2, 0.25) is 6.29 Å². The van der Waals surface area contributed by atoms with Gasteiger partial charge in [0.15, 0.2) is 5.69 Å². The van der Waals surface area contributed by atoms with Gasteiger partial charge in [-0.05, 0) is 31.2 Å². The Morgan fingerprint density at radius 3 is 2.47 bits per heavy atom. The Balaban J connectivity index is 1.64. The number of para-hydroxylation sites is 1. The third-order valence-corrected chi connectivity index (χ3v) is 5.90. The Bertz CT molecular complexity index is 1180. The highest BCUT2D eigenvalue weighted by Gasteiger charge is 2.44. The zero-order valence-corrected chi connectivity index (χ0v) is 18.6. The molecule has 1 unspecified atom stereocenters.